The summed E-state index contributed by atoms with van der Waals surface area (Å²) < 4.78 is 2.08. The van der Waals surface area contributed by atoms with Gasteiger partial charge in [-0.2, -0.15) is 0 Å². The van der Waals surface area contributed by atoms with Gasteiger partial charge in [-0.1, -0.05) is 0 Å². The van der Waals surface area contributed by atoms with E-state index in [4.69, 9.17) is 0 Å². The van der Waals surface area contributed by atoms with E-state index < -0.39 is 0 Å². The van der Waals surface area contributed by atoms with Crippen molar-refractivity contribution in [2.45, 2.75) is 38.3 Å². The van der Waals surface area contributed by atoms with Gasteiger partial charge in [0.25, 0.3) is 0 Å². The Labute approximate surface area is 72.0 Å². The Hall–Kier alpha value is -0.830. The van der Waals surface area contributed by atoms with Crippen molar-refractivity contribution in [3.05, 3.63) is 18.2 Å². The molecule has 0 saturated heterocycles. The molecule has 12 heavy (non-hydrogen) atoms. The lowest BCUT2D eigenvalue weighted by molar-refractivity contribution is 0.134. The van der Waals surface area contributed by atoms with Gasteiger partial charge in [0.1, 0.15) is 5.82 Å². The first-order valence-electron chi connectivity index (χ1n) is 4.40. The summed E-state index contributed by atoms with van der Waals surface area (Å²) in [6.45, 7) is 2.87. The van der Waals surface area contributed by atoms with Crippen molar-refractivity contribution < 1.29 is 5.11 Å². The smallest absolute Gasteiger partial charge is 0.105 e. The standard InChI is InChI=1S/C9H14N2O/c1-8-10-5-7-11(8)6-4-9(12)2-3-9/h5,7,12H,2-4,6H2,1H3. The molecular weight excluding hydrogens is 152 g/mol. The molecular formula is C9H14N2O. The van der Waals surface area contributed by atoms with Crippen molar-refractivity contribution in [2.75, 3.05) is 0 Å². The third kappa shape index (κ3) is 1.50. The summed E-state index contributed by atoms with van der Waals surface area (Å²) in [7, 11) is 0. The molecule has 1 N–H and O–H groups in total. The van der Waals surface area contributed by atoms with Crippen LogP contribution in [0.5, 0.6) is 0 Å². The van der Waals surface area contributed by atoms with Gasteiger partial charge in [-0.05, 0) is 26.2 Å². The topological polar surface area (TPSA) is 38.0 Å². The Balaban J connectivity index is 1.91. The Morgan fingerprint density at radius 3 is 2.92 bits per heavy atom. The zero-order chi connectivity index (χ0) is 8.60. The normalized spacial score (nSPS) is 19.5. The number of aliphatic hydroxyl groups is 1. The van der Waals surface area contributed by atoms with Crippen molar-refractivity contribution in [3.63, 3.8) is 0 Å². The van der Waals surface area contributed by atoms with Crippen LogP contribution in [-0.2, 0) is 6.54 Å². The largest absolute Gasteiger partial charge is 0.390 e. The predicted molar refractivity (Wildman–Crippen MR) is 45.8 cm³/mol. The first-order valence-corrected chi connectivity index (χ1v) is 4.40. The number of imidazole rings is 1. The van der Waals surface area contributed by atoms with E-state index in [-0.39, 0.29) is 5.60 Å². The van der Waals surface area contributed by atoms with Crippen molar-refractivity contribution in [1.82, 2.24) is 9.55 Å². The molecule has 1 aliphatic carbocycles. The molecule has 1 aromatic heterocycles. The second-order valence-corrected chi connectivity index (χ2v) is 3.64. The van der Waals surface area contributed by atoms with E-state index in [1.807, 2.05) is 13.1 Å². The van der Waals surface area contributed by atoms with Crippen LogP contribution in [0.15, 0.2) is 12.4 Å². The maximum absolute atomic E-state index is 9.58. The highest BCUT2D eigenvalue weighted by Crippen LogP contribution is 2.38. The second kappa shape index (κ2) is 2.59. The van der Waals surface area contributed by atoms with Crippen LogP contribution in [0.3, 0.4) is 0 Å². The number of rotatable bonds is 3. The lowest BCUT2D eigenvalue weighted by atomic mass is 10.2. The van der Waals surface area contributed by atoms with Crippen molar-refractivity contribution in [2.24, 2.45) is 0 Å². The fourth-order valence-electron chi connectivity index (χ4n) is 1.36. The molecule has 1 aliphatic rings. The molecule has 2 rings (SSSR count). The van der Waals surface area contributed by atoms with Crippen molar-refractivity contribution in [3.8, 4) is 0 Å². The second-order valence-electron chi connectivity index (χ2n) is 3.64. The molecule has 1 saturated carbocycles. The molecule has 0 amide bonds. The molecule has 3 heteroatoms. The SMILES string of the molecule is Cc1nccn1CCC1(O)CC1. The summed E-state index contributed by atoms with van der Waals surface area (Å²) in [5, 5.41) is 9.58. The molecule has 0 unspecified atom stereocenters. The number of aryl methyl sites for hydroxylation is 2. The van der Waals surface area contributed by atoms with E-state index in [1.165, 1.54) is 0 Å². The average molecular weight is 166 g/mol. The van der Waals surface area contributed by atoms with Gasteiger partial charge < -0.3 is 9.67 Å². The van der Waals surface area contributed by atoms with Crippen LogP contribution >= 0.6 is 0 Å². The van der Waals surface area contributed by atoms with Gasteiger partial charge in [0, 0.05) is 18.9 Å². The van der Waals surface area contributed by atoms with Gasteiger partial charge in [-0.3, -0.25) is 0 Å². The highest BCUT2D eigenvalue weighted by Gasteiger charge is 2.39. The van der Waals surface area contributed by atoms with E-state index in [0.717, 1.165) is 31.6 Å². The highest BCUT2D eigenvalue weighted by atomic mass is 16.3. The van der Waals surface area contributed by atoms with Crippen LogP contribution in [0.1, 0.15) is 25.1 Å². The van der Waals surface area contributed by atoms with E-state index in [1.54, 1.807) is 6.20 Å². The van der Waals surface area contributed by atoms with Crippen molar-refractivity contribution >= 4 is 0 Å². The summed E-state index contributed by atoms with van der Waals surface area (Å²) in [5.74, 6) is 1.03. The Kier molecular flexibility index (Phi) is 1.68. The van der Waals surface area contributed by atoms with Crippen LogP contribution in [0, 0.1) is 6.92 Å². The summed E-state index contributed by atoms with van der Waals surface area (Å²) in [5.41, 5.74) is -0.337. The van der Waals surface area contributed by atoms with Gasteiger partial charge in [-0.25, -0.2) is 4.98 Å². The summed E-state index contributed by atoms with van der Waals surface area (Å²) in [4.78, 5) is 4.12. The molecule has 0 aromatic carbocycles. The van der Waals surface area contributed by atoms with Gasteiger partial charge in [-0.15, -0.1) is 0 Å². The summed E-state index contributed by atoms with van der Waals surface area (Å²) in [6.07, 6.45) is 6.57. The monoisotopic (exact) mass is 166 g/mol. The fourth-order valence-corrected chi connectivity index (χ4v) is 1.36. The summed E-state index contributed by atoms with van der Waals surface area (Å²) >= 11 is 0. The number of hydrogen-bond acceptors (Lipinski definition) is 2. The Morgan fingerprint density at radius 1 is 1.67 bits per heavy atom. The van der Waals surface area contributed by atoms with Crippen LogP contribution in [0.2, 0.25) is 0 Å². The number of aromatic nitrogens is 2. The van der Waals surface area contributed by atoms with Crippen LogP contribution in [0.4, 0.5) is 0 Å². The third-order valence-electron chi connectivity index (χ3n) is 2.57. The molecule has 0 atom stereocenters. The number of hydrogen-bond donors (Lipinski definition) is 1. The predicted octanol–water partition coefficient (Wildman–Crippen LogP) is 1.11. The molecule has 0 bridgehead atoms. The molecule has 0 spiro atoms. The van der Waals surface area contributed by atoms with Crippen LogP contribution in [0.25, 0.3) is 0 Å². The van der Waals surface area contributed by atoms with E-state index in [0.29, 0.717) is 0 Å². The van der Waals surface area contributed by atoms with E-state index >= 15 is 0 Å². The zero-order valence-electron chi connectivity index (χ0n) is 7.32. The minimum absolute atomic E-state index is 0.337. The fraction of sp³-hybridized carbons (Fsp3) is 0.667. The van der Waals surface area contributed by atoms with E-state index in [2.05, 4.69) is 9.55 Å². The molecule has 1 fully saturated rings. The molecule has 0 aliphatic heterocycles. The van der Waals surface area contributed by atoms with E-state index in [9.17, 15) is 5.11 Å². The molecule has 1 aromatic rings. The Bertz CT molecular complexity index is 276. The molecule has 1 heterocycles. The minimum Gasteiger partial charge on any atom is -0.390 e. The van der Waals surface area contributed by atoms with Crippen molar-refractivity contribution in [1.29, 1.82) is 0 Å². The van der Waals surface area contributed by atoms with Crippen LogP contribution < -0.4 is 0 Å². The Morgan fingerprint density at radius 2 is 2.42 bits per heavy atom. The first kappa shape index (κ1) is 7.80. The van der Waals surface area contributed by atoms with Crippen LogP contribution in [-0.4, -0.2) is 20.3 Å². The maximum atomic E-state index is 9.58. The van der Waals surface area contributed by atoms with Gasteiger partial charge >= 0.3 is 0 Å². The molecule has 0 radical (unpaired) electrons. The third-order valence-corrected chi connectivity index (χ3v) is 2.57. The maximum Gasteiger partial charge on any atom is 0.105 e. The first-order chi connectivity index (χ1) is 5.70. The average Bonchev–Trinajstić information content (AvgIpc) is 2.61. The van der Waals surface area contributed by atoms with Gasteiger partial charge in [0.05, 0.1) is 5.60 Å². The molecule has 3 nitrogen and oxygen atoms in total. The van der Waals surface area contributed by atoms with Gasteiger partial charge in [0.15, 0.2) is 0 Å². The lowest BCUT2D eigenvalue weighted by Crippen LogP contribution is -2.11. The quantitative estimate of drug-likeness (QED) is 0.730. The van der Waals surface area contributed by atoms with Gasteiger partial charge in [0.2, 0.25) is 0 Å². The highest BCUT2D eigenvalue weighted by molar-refractivity contribution is 4.95. The summed E-state index contributed by atoms with van der Waals surface area (Å²) in [6, 6.07) is 0. The molecule has 66 valence electrons. The lowest BCUT2D eigenvalue weighted by Gasteiger charge is -2.08. The number of nitrogens with zero attached hydrogens (tertiary/aromatic N) is 2. The zero-order valence-corrected chi connectivity index (χ0v) is 7.32. The minimum atomic E-state index is -0.337.